The standard InChI is InChI=1S/C14H15Cl2N3/c1-9(10-5-3-4-6-11(10)15)19(2)14-12(17)7-8-13(16)18-14/h3-9H,17H2,1-2H3. The van der Waals surface area contributed by atoms with Gasteiger partial charge >= 0.3 is 0 Å². The normalized spacial score (nSPS) is 12.2. The van der Waals surface area contributed by atoms with Gasteiger partial charge in [0.2, 0.25) is 0 Å². The number of hydrogen-bond acceptors (Lipinski definition) is 3. The van der Waals surface area contributed by atoms with Gasteiger partial charge in [-0.1, -0.05) is 41.4 Å². The van der Waals surface area contributed by atoms with E-state index in [1.165, 1.54) is 0 Å². The zero-order valence-corrected chi connectivity index (χ0v) is 12.3. The summed E-state index contributed by atoms with van der Waals surface area (Å²) in [4.78, 5) is 6.23. The highest BCUT2D eigenvalue weighted by molar-refractivity contribution is 6.31. The molecule has 0 fully saturated rings. The zero-order chi connectivity index (χ0) is 14.0. The van der Waals surface area contributed by atoms with E-state index >= 15 is 0 Å². The van der Waals surface area contributed by atoms with Gasteiger partial charge in [-0.2, -0.15) is 0 Å². The first-order valence-corrected chi connectivity index (χ1v) is 6.65. The van der Waals surface area contributed by atoms with Crippen LogP contribution in [0, 0.1) is 0 Å². The van der Waals surface area contributed by atoms with E-state index in [0.717, 1.165) is 10.6 Å². The van der Waals surface area contributed by atoms with Crippen LogP contribution in [-0.4, -0.2) is 12.0 Å². The molecule has 0 aliphatic carbocycles. The van der Waals surface area contributed by atoms with Crippen LogP contribution < -0.4 is 10.6 Å². The lowest BCUT2D eigenvalue weighted by Gasteiger charge is -2.28. The van der Waals surface area contributed by atoms with Gasteiger partial charge in [0.05, 0.1) is 11.7 Å². The molecule has 5 heteroatoms. The molecule has 0 aliphatic rings. The summed E-state index contributed by atoms with van der Waals surface area (Å²) in [6, 6.07) is 11.2. The number of nitrogen functional groups attached to an aromatic ring is 1. The predicted molar refractivity (Wildman–Crippen MR) is 81.9 cm³/mol. The number of pyridine rings is 1. The van der Waals surface area contributed by atoms with Crippen LogP contribution in [0.5, 0.6) is 0 Å². The number of rotatable bonds is 3. The first-order chi connectivity index (χ1) is 9.00. The molecule has 1 aromatic carbocycles. The second-order valence-electron chi connectivity index (χ2n) is 4.36. The van der Waals surface area contributed by atoms with E-state index in [1.54, 1.807) is 12.1 Å². The molecular weight excluding hydrogens is 281 g/mol. The van der Waals surface area contributed by atoms with Crippen molar-refractivity contribution in [1.29, 1.82) is 0 Å². The van der Waals surface area contributed by atoms with Gasteiger partial charge < -0.3 is 10.6 Å². The molecule has 3 nitrogen and oxygen atoms in total. The summed E-state index contributed by atoms with van der Waals surface area (Å²) < 4.78 is 0. The molecule has 1 heterocycles. The summed E-state index contributed by atoms with van der Waals surface area (Å²) in [5.41, 5.74) is 7.56. The quantitative estimate of drug-likeness (QED) is 0.864. The van der Waals surface area contributed by atoms with Crippen LogP contribution in [-0.2, 0) is 0 Å². The average molecular weight is 296 g/mol. The molecule has 2 rings (SSSR count). The molecule has 2 N–H and O–H groups in total. The van der Waals surface area contributed by atoms with Gasteiger partial charge in [0.1, 0.15) is 5.15 Å². The van der Waals surface area contributed by atoms with Crippen molar-refractivity contribution in [2.45, 2.75) is 13.0 Å². The molecule has 0 saturated heterocycles. The van der Waals surface area contributed by atoms with Gasteiger partial charge in [-0.25, -0.2) is 4.98 Å². The van der Waals surface area contributed by atoms with Crippen LogP contribution in [0.3, 0.4) is 0 Å². The van der Waals surface area contributed by atoms with E-state index in [2.05, 4.69) is 4.98 Å². The van der Waals surface area contributed by atoms with E-state index < -0.39 is 0 Å². The number of aromatic nitrogens is 1. The fourth-order valence-electron chi connectivity index (χ4n) is 1.92. The fraction of sp³-hybridized carbons (Fsp3) is 0.214. The number of nitrogens with zero attached hydrogens (tertiary/aromatic N) is 2. The van der Waals surface area contributed by atoms with Gasteiger partial charge in [0.15, 0.2) is 5.82 Å². The van der Waals surface area contributed by atoms with Crippen molar-refractivity contribution in [2.24, 2.45) is 0 Å². The van der Waals surface area contributed by atoms with Crippen molar-refractivity contribution in [1.82, 2.24) is 4.98 Å². The zero-order valence-electron chi connectivity index (χ0n) is 10.8. The molecule has 0 aliphatic heterocycles. The van der Waals surface area contributed by atoms with E-state index in [1.807, 2.05) is 43.1 Å². The minimum absolute atomic E-state index is 0.0435. The molecule has 0 amide bonds. The van der Waals surface area contributed by atoms with Crippen LogP contribution in [0.1, 0.15) is 18.5 Å². The van der Waals surface area contributed by atoms with E-state index in [4.69, 9.17) is 28.9 Å². The minimum Gasteiger partial charge on any atom is -0.396 e. The Bertz CT molecular complexity index is 587. The number of hydrogen-bond donors (Lipinski definition) is 1. The summed E-state index contributed by atoms with van der Waals surface area (Å²) in [6.45, 7) is 2.04. The summed E-state index contributed by atoms with van der Waals surface area (Å²) in [5.74, 6) is 0.653. The molecule has 100 valence electrons. The SMILES string of the molecule is CC(c1ccccc1Cl)N(C)c1nc(Cl)ccc1N. The molecule has 0 saturated carbocycles. The van der Waals surface area contributed by atoms with Crippen LogP contribution in [0.2, 0.25) is 10.2 Å². The van der Waals surface area contributed by atoms with Crippen LogP contribution >= 0.6 is 23.2 Å². The van der Waals surface area contributed by atoms with Crippen LogP contribution in [0.25, 0.3) is 0 Å². The fourth-order valence-corrected chi connectivity index (χ4v) is 2.36. The lowest BCUT2D eigenvalue weighted by molar-refractivity contribution is 0.730. The third kappa shape index (κ3) is 2.94. The van der Waals surface area contributed by atoms with Gasteiger partial charge in [-0.3, -0.25) is 0 Å². The lowest BCUT2D eigenvalue weighted by atomic mass is 10.1. The summed E-state index contributed by atoms with van der Waals surface area (Å²) in [5, 5.41) is 1.14. The largest absolute Gasteiger partial charge is 0.396 e. The Labute approximate surface area is 123 Å². The second kappa shape index (κ2) is 5.68. The average Bonchev–Trinajstić information content (AvgIpc) is 2.40. The Morgan fingerprint density at radius 1 is 1.16 bits per heavy atom. The van der Waals surface area contributed by atoms with E-state index in [9.17, 15) is 0 Å². The van der Waals surface area contributed by atoms with Crippen molar-refractivity contribution in [2.75, 3.05) is 17.7 Å². The van der Waals surface area contributed by atoms with Gasteiger partial charge in [0, 0.05) is 12.1 Å². The molecule has 2 aromatic rings. The van der Waals surface area contributed by atoms with Crippen molar-refractivity contribution >= 4 is 34.7 Å². The molecular formula is C14H15Cl2N3. The van der Waals surface area contributed by atoms with Crippen molar-refractivity contribution in [3.05, 3.63) is 52.1 Å². The Balaban J connectivity index is 2.36. The highest BCUT2D eigenvalue weighted by Crippen LogP contribution is 2.32. The molecule has 1 aromatic heterocycles. The Hall–Kier alpha value is -1.45. The minimum atomic E-state index is 0.0435. The maximum absolute atomic E-state index is 6.22. The molecule has 19 heavy (non-hydrogen) atoms. The molecule has 0 spiro atoms. The van der Waals surface area contributed by atoms with E-state index in [-0.39, 0.29) is 6.04 Å². The molecule has 1 unspecified atom stereocenters. The summed E-state index contributed by atoms with van der Waals surface area (Å²) in [7, 11) is 1.92. The predicted octanol–water partition coefficient (Wildman–Crippen LogP) is 4.17. The monoisotopic (exact) mass is 295 g/mol. The first-order valence-electron chi connectivity index (χ1n) is 5.90. The number of anilines is 2. The van der Waals surface area contributed by atoms with Gasteiger partial charge in [-0.05, 0) is 30.7 Å². The lowest BCUT2D eigenvalue weighted by Crippen LogP contribution is -2.24. The van der Waals surface area contributed by atoms with Crippen molar-refractivity contribution in [3.63, 3.8) is 0 Å². The van der Waals surface area contributed by atoms with Crippen molar-refractivity contribution in [3.8, 4) is 0 Å². The maximum atomic E-state index is 6.22. The maximum Gasteiger partial charge on any atom is 0.153 e. The highest BCUT2D eigenvalue weighted by Gasteiger charge is 2.18. The van der Waals surface area contributed by atoms with E-state index in [0.29, 0.717) is 16.7 Å². The summed E-state index contributed by atoms with van der Waals surface area (Å²) >= 11 is 12.1. The van der Waals surface area contributed by atoms with Crippen LogP contribution in [0.15, 0.2) is 36.4 Å². The van der Waals surface area contributed by atoms with Gasteiger partial charge in [-0.15, -0.1) is 0 Å². The Kier molecular flexibility index (Phi) is 4.17. The topological polar surface area (TPSA) is 42.2 Å². The number of halogens is 2. The number of nitrogens with two attached hydrogens (primary N) is 1. The third-order valence-corrected chi connectivity index (χ3v) is 3.70. The Morgan fingerprint density at radius 3 is 2.53 bits per heavy atom. The third-order valence-electron chi connectivity index (χ3n) is 3.14. The van der Waals surface area contributed by atoms with Crippen LogP contribution in [0.4, 0.5) is 11.5 Å². The molecule has 0 bridgehead atoms. The Morgan fingerprint density at radius 2 is 1.84 bits per heavy atom. The second-order valence-corrected chi connectivity index (χ2v) is 5.15. The summed E-state index contributed by atoms with van der Waals surface area (Å²) in [6.07, 6.45) is 0. The molecule has 1 atom stereocenters. The molecule has 0 radical (unpaired) electrons. The van der Waals surface area contributed by atoms with Gasteiger partial charge in [0.25, 0.3) is 0 Å². The smallest absolute Gasteiger partial charge is 0.153 e. The number of benzene rings is 1. The van der Waals surface area contributed by atoms with Crippen molar-refractivity contribution < 1.29 is 0 Å². The highest BCUT2D eigenvalue weighted by atomic mass is 35.5. The first kappa shape index (κ1) is 14.0.